The highest BCUT2D eigenvalue weighted by atomic mass is 16.5. The summed E-state index contributed by atoms with van der Waals surface area (Å²) in [6, 6.07) is 5.91. The van der Waals surface area contributed by atoms with E-state index < -0.39 is 0 Å². The molecule has 0 radical (unpaired) electrons. The fraction of sp³-hybridized carbons (Fsp3) is 0.588. The van der Waals surface area contributed by atoms with Gasteiger partial charge in [-0.15, -0.1) is 0 Å². The average molecular weight is 260 g/mol. The summed E-state index contributed by atoms with van der Waals surface area (Å²) in [6.45, 7) is 6.86. The van der Waals surface area contributed by atoms with Crippen molar-refractivity contribution < 1.29 is 9.53 Å². The monoisotopic (exact) mass is 260 g/mol. The zero-order chi connectivity index (χ0) is 13.8. The van der Waals surface area contributed by atoms with Crippen LogP contribution < -0.4 is 4.74 Å². The zero-order valence-corrected chi connectivity index (χ0v) is 12.2. The third-order valence-corrected chi connectivity index (χ3v) is 4.09. The van der Waals surface area contributed by atoms with Crippen LogP contribution in [0.4, 0.5) is 0 Å². The Morgan fingerprint density at radius 2 is 1.95 bits per heavy atom. The van der Waals surface area contributed by atoms with E-state index in [1.807, 2.05) is 32.0 Å². The number of benzene rings is 1. The van der Waals surface area contributed by atoms with Gasteiger partial charge in [-0.3, -0.25) is 4.79 Å². The summed E-state index contributed by atoms with van der Waals surface area (Å²) in [5.74, 6) is 1.99. The van der Waals surface area contributed by atoms with E-state index in [1.54, 1.807) is 0 Å². The molecule has 0 bridgehead atoms. The number of Topliss-reactive ketones (excluding diaryl/α,β-unsaturated/α-hetero) is 1. The molecule has 19 heavy (non-hydrogen) atoms. The molecule has 0 N–H and O–H groups in total. The maximum absolute atomic E-state index is 12.7. The molecule has 1 aromatic carbocycles. The van der Waals surface area contributed by atoms with Crippen LogP contribution in [-0.2, 0) is 0 Å². The Labute approximate surface area is 116 Å². The third-order valence-electron chi connectivity index (χ3n) is 4.09. The highest BCUT2D eigenvalue weighted by molar-refractivity contribution is 6.00. The number of hydrogen-bond acceptors (Lipinski definition) is 2. The third kappa shape index (κ3) is 3.37. The van der Waals surface area contributed by atoms with Crippen LogP contribution in [0.25, 0.3) is 0 Å². The van der Waals surface area contributed by atoms with Gasteiger partial charge in [-0.1, -0.05) is 31.4 Å². The molecule has 0 spiro atoms. The lowest BCUT2D eigenvalue weighted by Gasteiger charge is -2.25. The quantitative estimate of drug-likeness (QED) is 0.750. The molecule has 0 amide bonds. The molecule has 0 saturated heterocycles. The lowest BCUT2D eigenvalue weighted by atomic mass is 9.79. The van der Waals surface area contributed by atoms with Gasteiger partial charge in [-0.05, 0) is 44.7 Å². The Balaban J connectivity index is 2.20. The van der Waals surface area contributed by atoms with Gasteiger partial charge in [0.15, 0.2) is 5.78 Å². The largest absolute Gasteiger partial charge is 0.493 e. The van der Waals surface area contributed by atoms with Gasteiger partial charge in [-0.2, -0.15) is 0 Å². The number of ether oxygens (including phenoxy) is 1. The molecule has 1 saturated carbocycles. The predicted molar refractivity (Wildman–Crippen MR) is 77.8 cm³/mol. The van der Waals surface area contributed by atoms with E-state index in [2.05, 4.69) is 6.92 Å². The number of carbonyl (C=O) groups is 1. The molecule has 2 rings (SSSR count). The van der Waals surface area contributed by atoms with E-state index in [-0.39, 0.29) is 11.7 Å². The molecule has 1 aliphatic carbocycles. The molecular formula is C17H24O2. The van der Waals surface area contributed by atoms with Crippen molar-refractivity contribution in [1.29, 1.82) is 0 Å². The summed E-state index contributed by atoms with van der Waals surface area (Å²) >= 11 is 0. The highest BCUT2D eigenvalue weighted by Gasteiger charge is 2.27. The molecule has 0 heterocycles. The van der Waals surface area contributed by atoms with Crippen molar-refractivity contribution in [3.8, 4) is 5.75 Å². The SMILES string of the molecule is CCOc1ccc(C)cc1C(=O)C1CCC(C)CC1. The predicted octanol–water partition coefficient (Wildman–Crippen LogP) is 4.40. The van der Waals surface area contributed by atoms with Crippen LogP contribution in [0.15, 0.2) is 18.2 Å². The smallest absolute Gasteiger partial charge is 0.169 e. The molecular weight excluding hydrogens is 236 g/mol. The summed E-state index contributed by atoms with van der Waals surface area (Å²) in [4.78, 5) is 12.7. The van der Waals surface area contributed by atoms with E-state index in [4.69, 9.17) is 4.74 Å². The maximum Gasteiger partial charge on any atom is 0.169 e. The highest BCUT2D eigenvalue weighted by Crippen LogP contribution is 2.33. The number of ketones is 1. The van der Waals surface area contributed by atoms with Crippen molar-refractivity contribution in [2.45, 2.75) is 46.5 Å². The minimum Gasteiger partial charge on any atom is -0.493 e. The van der Waals surface area contributed by atoms with Crippen LogP contribution in [-0.4, -0.2) is 12.4 Å². The Morgan fingerprint density at radius 3 is 2.58 bits per heavy atom. The molecule has 2 nitrogen and oxygen atoms in total. The van der Waals surface area contributed by atoms with Crippen molar-refractivity contribution in [2.24, 2.45) is 11.8 Å². The lowest BCUT2D eigenvalue weighted by Crippen LogP contribution is -2.21. The van der Waals surface area contributed by atoms with Gasteiger partial charge in [0.05, 0.1) is 12.2 Å². The van der Waals surface area contributed by atoms with E-state index in [0.717, 1.165) is 35.6 Å². The molecule has 2 heteroatoms. The summed E-state index contributed by atoms with van der Waals surface area (Å²) < 4.78 is 5.60. The first-order chi connectivity index (χ1) is 9.11. The number of hydrogen-bond donors (Lipinski definition) is 0. The van der Waals surface area contributed by atoms with Crippen molar-refractivity contribution in [2.75, 3.05) is 6.61 Å². The fourth-order valence-electron chi connectivity index (χ4n) is 2.86. The Hall–Kier alpha value is -1.31. The van der Waals surface area contributed by atoms with Crippen molar-refractivity contribution in [3.05, 3.63) is 29.3 Å². The lowest BCUT2D eigenvalue weighted by molar-refractivity contribution is 0.0871. The van der Waals surface area contributed by atoms with Crippen LogP contribution in [0.5, 0.6) is 5.75 Å². The molecule has 0 aliphatic heterocycles. The van der Waals surface area contributed by atoms with E-state index in [9.17, 15) is 4.79 Å². The average Bonchev–Trinajstić information content (AvgIpc) is 2.41. The van der Waals surface area contributed by atoms with Gasteiger partial charge in [0.25, 0.3) is 0 Å². The van der Waals surface area contributed by atoms with Crippen LogP contribution in [0.1, 0.15) is 55.5 Å². The molecule has 0 unspecified atom stereocenters. The molecule has 0 aromatic heterocycles. The van der Waals surface area contributed by atoms with Crippen molar-refractivity contribution in [1.82, 2.24) is 0 Å². The summed E-state index contributed by atoms with van der Waals surface area (Å²) in [5, 5.41) is 0. The maximum atomic E-state index is 12.7. The number of aryl methyl sites for hydroxylation is 1. The summed E-state index contributed by atoms with van der Waals surface area (Å²) in [6.07, 6.45) is 4.40. The second-order valence-electron chi connectivity index (χ2n) is 5.75. The molecule has 1 aromatic rings. The van der Waals surface area contributed by atoms with Gasteiger partial charge < -0.3 is 4.74 Å². The summed E-state index contributed by atoms with van der Waals surface area (Å²) in [5.41, 5.74) is 1.90. The zero-order valence-electron chi connectivity index (χ0n) is 12.2. The number of rotatable bonds is 4. The number of carbonyl (C=O) groups excluding carboxylic acids is 1. The second kappa shape index (κ2) is 6.23. The molecule has 1 aliphatic rings. The van der Waals surface area contributed by atoms with Crippen LogP contribution in [0.3, 0.4) is 0 Å². The van der Waals surface area contributed by atoms with Gasteiger partial charge in [0, 0.05) is 5.92 Å². The van der Waals surface area contributed by atoms with Crippen LogP contribution in [0, 0.1) is 18.8 Å². The Kier molecular flexibility index (Phi) is 4.62. The van der Waals surface area contributed by atoms with E-state index in [0.29, 0.717) is 6.61 Å². The molecule has 104 valence electrons. The van der Waals surface area contributed by atoms with Gasteiger partial charge in [-0.25, -0.2) is 0 Å². The topological polar surface area (TPSA) is 26.3 Å². The van der Waals surface area contributed by atoms with E-state index >= 15 is 0 Å². The van der Waals surface area contributed by atoms with Gasteiger partial charge in [0.1, 0.15) is 5.75 Å². The normalized spacial score (nSPS) is 23.1. The van der Waals surface area contributed by atoms with Crippen molar-refractivity contribution in [3.63, 3.8) is 0 Å². The molecule has 1 fully saturated rings. The van der Waals surface area contributed by atoms with E-state index in [1.165, 1.54) is 12.8 Å². The van der Waals surface area contributed by atoms with Gasteiger partial charge >= 0.3 is 0 Å². The van der Waals surface area contributed by atoms with Crippen molar-refractivity contribution >= 4 is 5.78 Å². The summed E-state index contributed by atoms with van der Waals surface area (Å²) in [7, 11) is 0. The van der Waals surface area contributed by atoms with Crippen LogP contribution in [0.2, 0.25) is 0 Å². The van der Waals surface area contributed by atoms with Gasteiger partial charge in [0.2, 0.25) is 0 Å². The molecule has 0 atom stereocenters. The second-order valence-corrected chi connectivity index (χ2v) is 5.75. The Bertz CT molecular complexity index is 443. The van der Waals surface area contributed by atoms with Crippen LogP contribution >= 0.6 is 0 Å². The first kappa shape index (κ1) is 14.1. The fourth-order valence-corrected chi connectivity index (χ4v) is 2.86. The first-order valence-electron chi connectivity index (χ1n) is 7.39. The minimum absolute atomic E-state index is 0.192. The standard InChI is InChI=1S/C17H24O2/c1-4-19-16-10-7-13(3)11-15(16)17(18)14-8-5-12(2)6-9-14/h7,10-12,14H,4-6,8-9H2,1-3H3. The Morgan fingerprint density at radius 1 is 1.26 bits per heavy atom. The minimum atomic E-state index is 0.192. The first-order valence-corrected chi connectivity index (χ1v) is 7.39.